The smallest absolute Gasteiger partial charge is 0.273 e. The van der Waals surface area contributed by atoms with Gasteiger partial charge in [0.1, 0.15) is 5.69 Å². The third-order valence-corrected chi connectivity index (χ3v) is 4.52. The lowest BCUT2D eigenvalue weighted by Gasteiger charge is -2.10. The summed E-state index contributed by atoms with van der Waals surface area (Å²) in [7, 11) is 1.74. The van der Waals surface area contributed by atoms with Crippen LogP contribution in [0.1, 0.15) is 21.6 Å². The summed E-state index contributed by atoms with van der Waals surface area (Å²) in [6.45, 7) is 4.00. The minimum absolute atomic E-state index is 0.191. The molecule has 134 valence electrons. The number of carbonyl (C=O) groups excluding carboxylic acids is 1. The van der Waals surface area contributed by atoms with Gasteiger partial charge < -0.3 is 5.32 Å². The maximum absolute atomic E-state index is 12.4. The molecule has 1 N–H and O–H groups in total. The van der Waals surface area contributed by atoms with Gasteiger partial charge in [0.15, 0.2) is 5.82 Å². The van der Waals surface area contributed by atoms with Crippen molar-refractivity contribution in [3.05, 3.63) is 71.7 Å². The van der Waals surface area contributed by atoms with Gasteiger partial charge in [0, 0.05) is 36.1 Å². The van der Waals surface area contributed by atoms with Crippen LogP contribution in [-0.4, -0.2) is 25.7 Å². The van der Waals surface area contributed by atoms with Crippen molar-refractivity contribution in [3.63, 3.8) is 0 Å². The first kappa shape index (κ1) is 16.9. The number of aromatic nitrogens is 4. The molecule has 0 saturated heterocycles. The molecule has 0 unspecified atom stereocenters. The molecule has 6 nitrogen and oxygen atoms in total. The number of anilines is 1. The molecule has 4 aromatic rings. The van der Waals surface area contributed by atoms with Gasteiger partial charge in [-0.15, -0.1) is 0 Å². The quantitative estimate of drug-likeness (QED) is 0.603. The summed E-state index contributed by atoms with van der Waals surface area (Å²) in [4.78, 5) is 21.5. The van der Waals surface area contributed by atoms with E-state index in [9.17, 15) is 4.79 Å². The van der Waals surface area contributed by atoms with Gasteiger partial charge in [0.2, 0.25) is 0 Å². The summed E-state index contributed by atoms with van der Waals surface area (Å²) in [5.41, 5.74) is 5.20. The Balaban J connectivity index is 1.63. The van der Waals surface area contributed by atoms with Crippen LogP contribution in [0, 0.1) is 13.8 Å². The Kier molecular flexibility index (Phi) is 4.16. The van der Waals surface area contributed by atoms with Crippen LogP contribution in [0.4, 0.5) is 5.69 Å². The maximum Gasteiger partial charge on any atom is 0.273 e. The standard InChI is InChI=1S/C21H19N5O/c1-13-4-5-16-12-22-20(24-18(16)10-13)15-6-7-17(14(2)11-15)25-21(27)19-8-9-23-26(19)3/h4-12H,1-3H3,(H,25,27). The van der Waals surface area contributed by atoms with Crippen LogP contribution in [0.25, 0.3) is 22.3 Å². The van der Waals surface area contributed by atoms with E-state index in [0.29, 0.717) is 11.5 Å². The average molecular weight is 357 g/mol. The molecular weight excluding hydrogens is 338 g/mol. The number of carbonyl (C=O) groups is 1. The summed E-state index contributed by atoms with van der Waals surface area (Å²) in [5, 5.41) is 7.97. The second-order valence-electron chi connectivity index (χ2n) is 6.58. The first-order valence-corrected chi connectivity index (χ1v) is 8.65. The number of nitrogens with zero attached hydrogens (tertiary/aromatic N) is 4. The molecule has 0 fully saturated rings. The van der Waals surface area contributed by atoms with Crippen LogP contribution in [0.5, 0.6) is 0 Å². The van der Waals surface area contributed by atoms with E-state index in [-0.39, 0.29) is 5.91 Å². The molecule has 6 heteroatoms. The number of benzene rings is 2. The Morgan fingerprint density at radius 2 is 1.93 bits per heavy atom. The first-order valence-electron chi connectivity index (χ1n) is 8.65. The number of amides is 1. The molecule has 4 rings (SSSR count). The molecule has 2 aromatic heterocycles. The topological polar surface area (TPSA) is 72.7 Å². The molecule has 2 heterocycles. The van der Waals surface area contributed by atoms with Crippen LogP contribution in [0.2, 0.25) is 0 Å². The molecule has 0 aliphatic carbocycles. The third-order valence-electron chi connectivity index (χ3n) is 4.52. The summed E-state index contributed by atoms with van der Waals surface area (Å²) in [6, 6.07) is 13.6. The highest BCUT2D eigenvalue weighted by molar-refractivity contribution is 6.03. The van der Waals surface area contributed by atoms with Gasteiger partial charge in [-0.3, -0.25) is 9.48 Å². The van der Waals surface area contributed by atoms with E-state index in [2.05, 4.69) is 32.5 Å². The number of fused-ring (bicyclic) bond motifs is 1. The highest BCUT2D eigenvalue weighted by atomic mass is 16.2. The van der Waals surface area contributed by atoms with Crippen molar-refractivity contribution in [3.8, 4) is 11.4 Å². The molecule has 0 aliphatic heterocycles. The number of rotatable bonds is 3. The summed E-state index contributed by atoms with van der Waals surface area (Å²) in [6.07, 6.45) is 3.44. The van der Waals surface area contributed by atoms with E-state index < -0.39 is 0 Å². The van der Waals surface area contributed by atoms with Gasteiger partial charge in [-0.1, -0.05) is 12.1 Å². The van der Waals surface area contributed by atoms with Crippen LogP contribution in [0.15, 0.2) is 54.9 Å². The predicted molar refractivity (Wildman–Crippen MR) is 106 cm³/mol. The largest absolute Gasteiger partial charge is 0.320 e. The van der Waals surface area contributed by atoms with Crippen LogP contribution >= 0.6 is 0 Å². The molecule has 1 amide bonds. The molecule has 0 radical (unpaired) electrons. The van der Waals surface area contributed by atoms with Crippen molar-refractivity contribution in [1.82, 2.24) is 19.7 Å². The van der Waals surface area contributed by atoms with Gasteiger partial charge in [-0.2, -0.15) is 5.10 Å². The van der Waals surface area contributed by atoms with Gasteiger partial charge in [0.25, 0.3) is 5.91 Å². The molecular formula is C21H19N5O. The summed E-state index contributed by atoms with van der Waals surface area (Å²) >= 11 is 0. The van der Waals surface area contributed by atoms with Crippen LogP contribution in [-0.2, 0) is 7.05 Å². The van der Waals surface area contributed by atoms with Gasteiger partial charge in [0.05, 0.1) is 5.52 Å². The van der Waals surface area contributed by atoms with E-state index >= 15 is 0 Å². The molecule has 0 aliphatic rings. The van der Waals surface area contributed by atoms with Gasteiger partial charge in [-0.25, -0.2) is 9.97 Å². The molecule has 2 aromatic carbocycles. The second kappa shape index (κ2) is 6.64. The molecule has 0 atom stereocenters. The van der Waals surface area contributed by atoms with Gasteiger partial charge in [-0.05, 0) is 55.3 Å². The van der Waals surface area contributed by atoms with Crippen molar-refractivity contribution in [1.29, 1.82) is 0 Å². The number of hydrogen-bond acceptors (Lipinski definition) is 4. The summed E-state index contributed by atoms with van der Waals surface area (Å²) in [5.74, 6) is 0.476. The summed E-state index contributed by atoms with van der Waals surface area (Å²) < 4.78 is 1.55. The van der Waals surface area contributed by atoms with E-state index in [1.807, 2.05) is 44.3 Å². The van der Waals surface area contributed by atoms with E-state index in [0.717, 1.165) is 33.3 Å². The highest BCUT2D eigenvalue weighted by Crippen LogP contribution is 2.24. The van der Waals surface area contributed by atoms with Crippen molar-refractivity contribution in [2.75, 3.05) is 5.32 Å². The zero-order valence-electron chi connectivity index (χ0n) is 15.4. The lowest BCUT2D eigenvalue weighted by molar-refractivity contribution is 0.101. The maximum atomic E-state index is 12.4. The Bertz CT molecular complexity index is 1160. The van der Waals surface area contributed by atoms with Crippen molar-refractivity contribution < 1.29 is 4.79 Å². The molecule has 27 heavy (non-hydrogen) atoms. The van der Waals surface area contributed by atoms with Crippen molar-refractivity contribution in [2.24, 2.45) is 7.05 Å². The highest BCUT2D eigenvalue weighted by Gasteiger charge is 2.12. The lowest BCUT2D eigenvalue weighted by Crippen LogP contribution is -2.16. The molecule has 0 bridgehead atoms. The average Bonchev–Trinajstić information content (AvgIpc) is 3.08. The molecule has 0 spiro atoms. The predicted octanol–water partition coefficient (Wildman–Crippen LogP) is 3.90. The van der Waals surface area contributed by atoms with E-state index in [1.54, 1.807) is 24.0 Å². The fourth-order valence-corrected chi connectivity index (χ4v) is 3.00. The Morgan fingerprint density at radius 1 is 1.07 bits per heavy atom. The third kappa shape index (κ3) is 3.29. The number of hydrogen-bond donors (Lipinski definition) is 1. The zero-order valence-corrected chi connectivity index (χ0v) is 15.4. The minimum atomic E-state index is -0.191. The lowest BCUT2D eigenvalue weighted by atomic mass is 10.1. The molecule has 0 saturated carbocycles. The van der Waals surface area contributed by atoms with Crippen molar-refractivity contribution >= 4 is 22.5 Å². The first-order chi connectivity index (χ1) is 13.0. The minimum Gasteiger partial charge on any atom is -0.320 e. The van der Waals surface area contributed by atoms with E-state index in [4.69, 9.17) is 0 Å². The van der Waals surface area contributed by atoms with E-state index in [1.165, 1.54) is 0 Å². The second-order valence-corrected chi connectivity index (χ2v) is 6.58. The monoisotopic (exact) mass is 357 g/mol. The van der Waals surface area contributed by atoms with Gasteiger partial charge >= 0.3 is 0 Å². The number of aryl methyl sites for hydroxylation is 3. The Morgan fingerprint density at radius 3 is 2.67 bits per heavy atom. The normalized spacial score (nSPS) is 10.9. The SMILES string of the molecule is Cc1ccc2cnc(-c3ccc(NC(=O)c4ccnn4C)c(C)c3)nc2c1. The fraction of sp³-hybridized carbons (Fsp3) is 0.143. The Labute approximate surface area is 156 Å². The zero-order chi connectivity index (χ0) is 19.0. The van der Waals surface area contributed by atoms with Crippen LogP contribution in [0.3, 0.4) is 0 Å². The number of nitrogens with one attached hydrogen (secondary N) is 1. The fourth-order valence-electron chi connectivity index (χ4n) is 3.00. The van der Waals surface area contributed by atoms with Crippen molar-refractivity contribution in [2.45, 2.75) is 13.8 Å². The Hall–Kier alpha value is -3.54. The van der Waals surface area contributed by atoms with Crippen LogP contribution < -0.4 is 5.32 Å².